The molecule has 1 aliphatic heterocycles. The van der Waals surface area contributed by atoms with E-state index in [1.807, 2.05) is 0 Å². The van der Waals surface area contributed by atoms with Crippen LogP contribution in [0.4, 0.5) is 0 Å². The third-order valence-electron chi connectivity index (χ3n) is 12.0. The fraction of sp³-hybridized carbons (Fsp3) is 0.182. The zero-order valence-corrected chi connectivity index (χ0v) is 27.2. The molecule has 2 nitrogen and oxygen atoms in total. The Balaban J connectivity index is 1.40. The number of hydrogen-bond donors (Lipinski definition) is 0. The van der Waals surface area contributed by atoms with Gasteiger partial charge in [0.15, 0.2) is 0 Å². The molecule has 6 aromatic carbocycles. The van der Waals surface area contributed by atoms with E-state index in [-0.39, 0.29) is 0 Å². The molecule has 2 unspecified atom stereocenters. The third-order valence-corrected chi connectivity index (χ3v) is 12.0. The molecule has 4 aliphatic rings. The molecule has 1 heterocycles. The lowest BCUT2D eigenvalue weighted by Gasteiger charge is -2.49. The van der Waals surface area contributed by atoms with Crippen molar-refractivity contribution >= 4 is 12.6 Å². The lowest BCUT2D eigenvalue weighted by molar-refractivity contribution is 0.00578. The molecule has 6 aromatic rings. The van der Waals surface area contributed by atoms with Gasteiger partial charge in [-0.3, -0.25) is 0 Å². The van der Waals surface area contributed by atoms with Crippen LogP contribution < -0.4 is 5.46 Å². The van der Waals surface area contributed by atoms with E-state index >= 15 is 0 Å². The predicted octanol–water partition coefficient (Wildman–Crippen LogP) is 9.03. The molecule has 1 saturated heterocycles. The summed E-state index contributed by atoms with van der Waals surface area (Å²) in [4.78, 5) is 0. The summed E-state index contributed by atoms with van der Waals surface area (Å²) in [6.45, 7) is 8.58. The molecule has 1 spiro atoms. The van der Waals surface area contributed by atoms with Gasteiger partial charge in [0.25, 0.3) is 0 Å². The number of hydrogen-bond acceptors (Lipinski definition) is 2. The second-order valence-electron chi connectivity index (χ2n) is 14.6. The number of rotatable bonds is 2. The Morgan fingerprint density at radius 3 is 1.47 bits per heavy atom. The Morgan fingerprint density at radius 1 is 0.383 bits per heavy atom. The summed E-state index contributed by atoms with van der Waals surface area (Å²) in [5.74, 6) is 0. The molecule has 10 rings (SSSR count). The van der Waals surface area contributed by atoms with Crippen LogP contribution in [0.15, 0.2) is 140 Å². The van der Waals surface area contributed by atoms with Crippen LogP contribution in [0, 0.1) is 0 Å². The molecular formula is C44H35BO2. The van der Waals surface area contributed by atoms with Gasteiger partial charge < -0.3 is 9.31 Å². The van der Waals surface area contributed by atoms with Gasteiger partial charge in [-0.05, 0) is 99.9 Å². The summed E-state index contributed by atoms with van der Waals surface area (Å²) < 4.78 is 13.7. The third kappa shape index (κ3) is 3.11. The van der Waals surface area contributed by atoms with Crippen molar-refractivity contribution in [2.24, 2.45) is 0 Å². The van der Waals surface area contributed by atoms with E-state index in [1.165, 1.54) is 66.8 Å². The van der Waals surface area contributed by atoms with Gasteiger partial charge in [-0.25, -0.2) is 0 Å². The fourth-order valence-electron chi connectivity index (χ4n) is 9.50. The minimum absolute atomic E-state index is 0.456. The first-order valence-corrected chi connectivity index (χ1v) is 16.8. The van der Waals surface area contributed by atoms with Crippen molar-refractivity contribution in [3.05, 3.63) is 184 Å². The minimum atomic E-state index is -0.575. The van der Waals surface area contributed by atoms with Crippen molar-refractivity contribution in [3.63, 3.8) is 0 Å². The SMILES string of the molecule is CC1(C)OB(c2cccc3c2C2(c4ccccc4-3)c3ccccc3C3(c4ccccc4)c4ccccc4-c4cccc2c43)OC1(C)C. The maximum absolute atomic E-state index is 6.86. The zero-order valence-electron chi connectivity index (χ0n) is 27.2. The highest BCUT2D eigenvalue weighted by Crippen LogP contribution is 2.68. The normalized spacial score (nSPS) is 23.2. The van der Waals surface area contributed by atoms with Gasteiger partial charge in [0.05, 0.1) is 22.0 Å². The Morgan fingerprint density at radius 2 is 0.830 bits per heavy atom. The van der Waals surface area contributed by atoms with Gasteiger partial charge >= 0.3 is 7.12 Å². The number of benzene rings is 6. The molecule has 1 fully saturated rings. The second kappa shape index (κ2) is 9.01. The van der Waals surface area contributed by atoms with Crippen LogP contribution in [0.1, 0.15) is 72.2 Å². The van der Waals surface area contributed by atoms with Gasteiger partial charge in [-0.1, -0.05) is 140 Å². The molecule has 0 N–H and O–H groups in total. The molecule has 3 aliphatic carbocycles. The van der Waals surface area contributed by atoms with E-state index in [0.717, 1.165) is 5.46 Å². The van der Waals surface area contributed by atoms with Gasteiger partial charge in [0, 0.05) is 0 Å². The quantitative estimate of drug-likeness (QED) is 0.183. The Bertz CT molecular complexity index is 2270. The molecule has 47 heavy (non-hydrogen) atoms. The van der Waals surface area contributed by atoms with E-state index in [0.29, 0.717) is 0 Å². The van der Waals surface area contributed by atoms with E-state index in [2.05, 4.69) is 167 Å². The summed E-state index contributed by atoms with van der Waals surface area (Å²) in [5, 5.41) is 0. The van der Waals surface area contributed by atoms with Crippen LogP contribution in [-0.4, -0.2) is 18.3 Å². The maximum atomic E-state index is 6.86. The molecule has 2 atom stereocenters. The summed E-state index contributed by atoms with van der Waals surface area (Å²) in [6, 6.07) is 52.3. The largest absolute Gasteiger partial charge is 0.495 e. The van der Waals surface area contributed by atoms with Crippen LogP contribution in [0.5, 0.6) is 0 Å². The Hall–Kier alpha value is -4.70. The lowest BCUT2D eigenvalue weighted by Crippen LogP contribution is -2.47. The average molecular weight is 607 g/mol. The van der Waals surface area contributed by atoms with Crippen LogP contribution in [0.3, 0.4) is 0 Å². The highest BCUT2D eigenvalue weighted by Gasteiger charge is 2.62. The Kier molecular flexibility index (Phi) is 5.26. The zero-order chi connectivity index (χ0) is 31.8. The summed E-state index contributed by atoms with van der Waals surface area (Å²) >= 11 is 0. The van der Waals surface area contributed by atoms with Crippen molar-refractivity contribution in [1.82, 2.24) is 0 Å². The average Bonchev–Trinajstić information content (AvgIpc) is 3.65. The van der Waals surface area contributed by atoms with Crippen LogP contribution in [-0.2, 0) is 20.1 Å². The van der Waals surface area contributed by atoms with E-state index in [4.69, 9.17) is 9.31 Å². The second-order valence-corrected chi connectivity index (χ2v) is 14.6. The topological polar surface area (TPSA) is 18.5 Å². The van der Waals surface area contributed by atoms with Crippen molar-refractivity contribution < 1.29 is 9.31 Å². The van der Waals surface area contributed by atoms with Gasteiger partial charge in [-0.2, -0.15) is 0 Å². The van der Waals surface area contributed by atoms with Crippen molar-refractivity contribution in [2.75, 3.05) is 0 Å². The highest BCUT2D eigenvalue weighted by molar-refractivity contribution is 6.63. The highest BCUT2D eigenvalue weighted by atomic mass is 16.7. The lowest BCUT2D eigenvalue weighted by atomic mass is 9.51. The van der Waals surface area contributed by atoms with Gasteiger partial charge in [-0.15, -0.1) is 0 Å². The maximum Gasteiger partial charge on any atom is 0.495 e. The van der Waals surface area contributed by atoms with Crippen LogP contribution in [0.2, 0.25) is 0 Å². The molecule has 0 saturated carbocycles. The Labute approximate surface area is 277 Å². The molecule has 3 heteroatoms. The van der Waals surface area contributed by atoms with Gasteiger partial charge in [0.2, 0.25) is 0 Å². The molecule has 0 bridgehead atoms. The standard InChI is InChI=1S/C44H35BO2/c1-41(2)42(3,4)47-45(46-41)38-27-15-21-32-30-19-9-11-23-34(30)44(40(32)38)36-25-13-12-24-35(36)43(28-16-6-5-7-17-28)33-22-10-8-18-29(33)31-20-14-26-37(44)39(31)43/h5-27H,1-4H3. The molecule has 0 aromatic heterocycles. The van der Waals surface area contributed by atoms with Crippen molar-refractivity contribution in [1.29, 1.82) is 0 Å². The molecule has 0 amide bonds. The molecular weight excluding hydrogens is 571 g/mol. The first-order chi connectivity index (χ1) is 22.8. The number of fused-ring (bicyclic) bond motifs is 12. The first-order valence-electron chi connectivity index (χ1n) is 16.8. The smallest absolute Gasteiger partial charge is 0.399 e. The minimum Gasteiger partial charge on any atom is -0.399 e. The monoisotopic (exact) mass is 606 g/mol. The van der Waals surface area contributed by atoms with Crippen molar-refractivity contribution in [2.45, 2.75) is 49.7 Å². The van der Waals surface area contributed by atoms with E-state index in [9.17, 15) is 0 Å². The predicted molar refractivity (Wildman–Crippen MR) is 190 cm³/mol. The fourth-order valence-corrected chi connectivity index (χ4v) is 9.50. The molecule has 226 valence electrons. The summed E-state index contributed by atoms with van der Waals surface area (Å²) in [5.41, 5.74) is 14.9. The summed E-state index contributed by atoms with van der Waals surface area (Å²) in [7, 11) is -0.497. The van der Waals surface area contributed by atoms with E-state index in [1.54, 1.807) is 0 Å². The van der Waals surface area contributed by atoms with E-state index < -0.39 is 29.2 Å². The summed E-state index contributed by atoms with van der Waals surface area (Å²) in [6.07, 6.45) is 0. The first kappa shape index (κ1) is 27.4. The van der Waals surface area contributed by atoms with Gasteiger partial charge in [0.1, 0.15) is 0 Å². The van der Waals surface area contributed by atoms with Crippen LogP contribution >= 0.6 is 0 Å². The molecule has 0 radical (unpaired) electrons. The van der Waals surface area contributed by atoms with Crippen LogP contribution in [0.25, 0.3) is 22.3 Å². The van der Waals surface area contributed by atoms with Crippen molar-refractivity contribution in [3.8, 4) is 22.3 Å².